The highest BCUT2D eigenvalue weighted by Gasteiger charge is 2.27. The molecule has 1 aliphatic heterocycles. The summed E-state index contributed by atoms with van der Waals surface area (Å²) in [5.74, 6) is -0.0415. The third-order valence-corrected chi connectivity index (χ3v) is 3.15. The molecule has 0 bridgehead atoms. The molecule has 98 valence electrons. The Morgan fingerprint density at radius 3 is 2.88 bits per heavy atom. The van der Waals surface area contributed by atoms with Crippen molar-refractivity contribution in [1.82, 2.24) is 10.2 Å². The van der Waals surface area contributed by atoms with E-state index in [4.69, 9.17) is 5.73 Å². The van der Waals surface area contributed by atoms with Crippen molar-refractivity contribution >= 4 is 11.8 Å². The molecule has 0 aromatic heterocycles. The number of likely N-dealkylation sites (tertiary alicyclic amines) is 1. The highest BCUT2D eigenvalue weighted by molar-refractivity contribution is 5.82. The molecule has 1 saturated heterocycles. The van der Waals surface area contributed by atoms with E-state index in [-0.39, 0.29) is 24.3 Å². The van der Waals surface area contributed by atoms with Crippen molar-refractivity contribution < 1.29 is 9.59 Å². The van der Waals surface area contributed by atoms with E-state index in [0.717, 1.165) is 38.8 Å². The van der Waals surface area contributed by atoms with Crippen molar-refractivity contribution in [1.29, 1.82) is 0 Å². The quantitative estimate of drug-likeness (QED) is 0.670. The summed E-state index contributed by atoms with van der Waals surface area (Å²) < 4.78 is 0. The van der Waals surface area contributed by atoms with Crippen LogP contribution in [0.2, 0.25) is 0 Å². The Morgan fingerprint density at radius 2 is 2.24 bits per heavy atom. The molecule has 0 saturated carbocycles. The molecule has 0 spiro atoms. The second-order valence-electron chi connectivity index (χ2n) is 4.53. The van der Waals surface area contributed by atoms with E-state index < -0.39 is 0 Å². The van der Waals surface area contributed by atoms with Crippen LogP contribution in [0.3, 0.4) is 0 Å². The number of nitrogens with zero attached hydrogens (tertiary/aromatic N) is 1. The molecule has 0 aromatic carbocycles. The number of hydrogen-bond donors (Lipinski definition) is 2. The van der Waals surface area contributed by atoms with Gasteiger partial charge < -0.3 is 16.0 Å². The van der Waals surface area contributed by atoms with Crippen LogP contribution in [0.15, 0.2) is 0 Å². The fourth-order valence-electron chi connectivity index (χ4n) is 2.08. The van der Waals surface area contributed by atoms with Gasteiger partial charge in [0.25, 0.3) is 0 Å². The first kappa shape index (κ1) is 14.0. The predicted octanol–water partition coefficient (Wildman–Crippen LogP) is 0.100. The lowest BCUT2D eigenvalue weighted by molar-refractivity contribution is -0.134. The minimum Gasteiger partial charge on any atom is -0.356 e. The summed E-state index contributed by atoms with van der Waals surface area (Å²) in [6, 6.07) is 0. The summed E-state index contributed by atoms with van der Waals surface area (Å²) in [7, 11) is 0. The summed E-state index contributed by atoms with van der Waals surface area (Å²) in [5.41, 5.74) is 5.33. The Bertz CT molecular complexity index is 268. The Morgan fingerprint density at radius 1 is 1.47 bits per heavy atom. The molecule has 1 rings (SSSR count). The number of amides is 2. The fourth-order valence-corrected chi connectivity index (χ4v) is 2.08. The molecule has 17 heavy (non-hydrogen) atoms. The number of hydrogen-bond acceptors (Lipinski definition) is 3. The van der Waals surface area contributed by atoms with Gasteiger partial charge in [-0.25, -0.2) is 0 Å². The zero-order valence-corrected chi connectivity index (χ0v) is 10.6. The summed E-state index contributed by atoms with van der Waals surface area (Å²) in [6.45, 7) is 4.11. The highest BCUT2D eigenvalue weighted by Crippen LogP contribution is 2.16. The molecule has 5 heteroatoms. The third kappa shape index (κ3) is 4.34. The molecular weight excluding hydrogens is 218 g/mol. The van der Waals surface area contributed by atoms with E-state index >= 15 is 0 Å². The number of nitrogens with two attached hydrogens (primary N) is 1. The van der Waals surface area contributed by atoms with Crippen LogP contribution in [0.1, 0.15) is 32.6 Å². The van der Waals surface area contributed by atoms with Gasteiger partial charge in [-0.05, 0) is 19.3 Å². The average Bonchev–Trinajstić information content (AvgIpc) is 2.38. The maximum absolute atomic E-state index is 11.8. The molecule has 1 heterocycles. The second-order valence-corrected chi connectivity index (χ2v) is 4.53. The molecule has 1 fully saturated rings. The molecule has 2 amide bonds. The van der Waals surface area contributed by atoms with Crippen LogP contribution in [-0.2, 0) is 9.59 Å². The molecule has 3 N–H and O–H groups in total. The van der Waals surface area contributed by atoms with Crippen LogP contribution in [0.5, 0.6) is 0 Å². The zero-order chi connectivity index (χ0) is 12.7. The van der Waals surface area contributed by atoms with Crippen LogP contribution in [0.25, 0.3) is 0 Å². The fraction of sp³-hybridized carbons (Fsp3) is 0.833. The minimum atomic E-state index is -0.0592. The van der Waals surface area contributed by atoms with E-state index in [1.165, 1.54) is 0 Å². The van der Waals surface area contributed by atoms with Gasteiger partial charge in [0, 0.05) is 19.6 Å². The highest BCUT2D eigenvalue weighted by atomic mass is 16.2. The van der Waals surface area contributed by atoms with E-state index in [1.54, 1.807) is 4.90 Å². The van der Waals surface area contributed by atoms with Crippen molar-refractivity contribution in [2.45, 2.75) is 32.6 Å². The third-order valence-electron chi connectivity index (χ3n) is 3.15. The van der Waals surface area contributed by atoms with Crippen molar-refractivity contribution in [2.24, 2.45) is 11.7 Å². The minimum absolute atomic E-state index is 0.0319. The Hall–Kier alpha value is -1.10. The van der Waals surface area contributed by atoms with Gasteiger partial charge in [0.05, 0.1) is 12.5 Å². The lowest BCUT2D eigenvalue weighted by Crippen LogP contribution is -2.47. The van der Waals surface area contributed by atoms with Gasteiger partial charge in [0.2, 0.25) is 11.8 Å². The summed E-state index contributed by atoms with van der Waals surface area (Å²) in [5, 5.41) is 2.92. The second kappa shape index (κ2) is 7.27. The Balaban J connectivity index is 2.37. The van der Waals surface area contributed by atoms with Gasteiger partial charge in [0.15, 0.2) is 0 Å². The number of nitrogens with one attached hydrogen (secondary N) is 1. The Kier molecular flexibility index (Phi) is 5.97. The van der Waals surface area contributed by atoms with E-state index in [1.807, 2.05) is 0 Å². The largest absolute Gasteiger partial charge is 0.356 e. The van der Waals surface area contributed by atoms with Crippen LogP contribution >= 0.6 is 0 Å². The van der Waals surface area contributed by atoms with Crippen molar-refractivity contribution in [3.05, 3.63) is 0 Å². The first-order chi connectivity index (χ1) is 8.19. The summed E-state index contributed by atoms with van der Waals surface area (Å²) in [4.78, 5) is 25.0. The van der Waals surface area contributed by atoms with Gasteiger partial charge in [-0.15, -0.1) is 0 Å². The number of rotatable bonds is 5. The normalized spacial score (nSPS) is 20.1. The lowest BCUT2D eigenvalue weighted by Gasteiger charge is -2.31. The summed E-state index contributed by atoms with van der Waals surface area (Å²) in [6.07, 6.45) is 3.83. The number of unbranched alkanes of at least 4 members (excludes halogenated alkanes) is 1. The van der Waals surface area contributed by atoms with E-state index in [2.05, 4.69) is 12.2 Å². The Labute approximate surface area is 103 Å². The van der Waals surface area contributed by atoms with Gasteiger partial charge in [-0.2, -0.15) is 0 Å². The van der Waals surface area contributed by atoms with Gasteiger partial charge in [0.1, 0.15) is 0 Å². The smallest absolute Gasteiger partial charge is 0.236 e. The van der Waals surface area contributed by atoms with Crippen LogP contribution in [-0.4, -0.2) is 42.9 Å². The van der Waals surface area contributed by atoms with Gasteiger partial charge >= 0.3 is 0 Å². The van der Waals surface area contributed by atoms with Crippen molar-refractivity contribution in [2.75, 3.05) is 26.2 Å². The molecule has 0 radical (unpaired) electrons. The molecule has 1 atom stereocenters. The number of carbonyl (C=O) groups excluding carboxylic acids is 2. The van der Waals surface area contributed by atoms with Crippen LogP contribution in [0, 0.1) is 5.92 Å². The van der Waals surface area contributed by atoms with Crippen LogP contribution in [0.4, 0.5) is 0 Å². The van der Waals surface area contributed by atoms with E-state index in [0.29, 0.717) is 6.54 Å². The zero-order valence-electron chi connectivity index (χ0n) is 10.6. The van der Waals surface area contributed by atoms with E-state index in [9.17, 15) is 9.59 Å². The number of piperidine rings is 1. The van der Waals surface area contributed by atoms with Crippen molar-refractivity contribution in [3.8, 4) is 0 Å². The maximum Gasteiger partial charge on any atom is 0.236 e. The SMILES string of the molecule is CCCCNC(=O)C1CCCN(C(=O)CN)C1. The molecule has 5 nitrogen and oxygen atoms in total. The summed E-state index contributed by atoms with van der Waals surface area (Å²) >= 11 is 0. The molecule has 0 aromatic rings. The molecular formula is C12H23N3O2. The first-order valence-corrected chi connectivity index (χ1v) is 6.44. The average molecular weight is 241 g/mol. The van der Waals surface area contributed by atoms with Gasteiger partial charge in [-0.1, -0.05) is 13.3 Å². The standard InChI is InChI=1S/C12H23N3O2/c1-2-3-6-14-12(17)10-5-4-7-15(9-10)11(16)8-13/h10H,2-9,13H2,1H3,(H,14,17). The molecule has 0 aliphatic carbocycles. The number of carbonyl (C=O) groups is 2. The van der Waals surface area contributed by atoms with Crippen molar-refractivity contribution in [3.63, 3.8) is 0 Å². The van der Waals surface area contributed by atoms with Gasteiger partial charge in [-0.3, -0.25) is 9.59 Å². The predicted molar refractivity (Wildman–Crippen MR) is 66.3 cm³/mol. The monoisotopic (exact) mass is 241 g/mol. The topological polar surface area (TPSA) is 75.4 Å². The molecule has 1 unspecified atom stereocenters. The lowest BCUT2D eigenvalue weighted by atomic mass is 9.97. The van der Waals surface area contributed by atoms with Crippen LogP contribution < -0.4 is 11.1 Å². The first-order valence-electron chi connectivity index (χ1n) is 6.44. The molecule has 1 aliphatic rings. The maximum atomic E-state index is 11.8.